The van der Waals surface area contributed by atoms with E-state index in [1.54, 1.807) is 24.3 Å². The van der Waals surface area contributed by atoms with Gasteiger partial charge in [-0.2, -0.15) is 0 Å². The molecule has 24 heavy (non-hydrogen) atoms. The van der Waals surface area contributed by atoms with E-state index in [0.29, 0.717) is 16.8 Å². The lowest BCUT2D eigenvalue weighted by Gasteiger charge is -2.30. The number of rotatable bonds is 4. The molecular weight excluding hydrogens is 320 g/mol. The van der Waals surface area contributed by atoms with Crippen molar-refractivity contribution in [3.8, 4) is 0 Å². The zero-order valence-electron chi connectivity index (χ0n) is 13.8. The van der Waals surface area contributed by atoms with Gasteiger partial charge in [0, 0.05) is 40.6 Å². The standard InChI is InChI=1S/C19H20N2O2S/c1-3-21-10-11-24-18-9-6-15(12-17(18)21)19(23)20-16-7-4-14(5-8-16)13(2)22/h4-9,12H,3,10-11H2,1-2H3,(H,20,23). The van der Waals surface area contributed by atoms with Crippen LogP contribution in [0.15, 0.2) is 47.4 Å². The summed E-state index contributed by atoms with van der Waals surface area (Å²) in [5, 5.41) is 2.89. The van der Waals surface area contributed by atoms with Crippen molar-refractivity contribution in [1.29, 1.82) is 0 Å². The minimum absolute atomic E-state index is 0.0136. The van der Waals surface area contributed by atoms with E-state index in [0.717, 1.165) is 24.5 Å². The molecule has 5 heteroatoms. The van der Waals surface area contributed by atoms with Gasteiger partial charge in [-0.1, -0.05) is 0 Å². The molecule has 0 spiro atoms. The molecule has 1 amide bonds. The molecule has 4 nitrogen and oxygen atoms in total. The van der Waals surface area contributed by atoms with Gasteiger partial charge in [0.2, 0.25) is 0 Å². The maximum atomic E-state index is 12.5. The molecule has 1 heterocycles. The lowest BCUT2D eigenvalue weighted by atomic mass is 10.1. The Bertz CT molecular complexity index is 771. The van der Waals surface area contributed by atoms with Crippen LogP contribution in [0.3, 0.4) is 0 Å². The first-order valence-electron chi connectivity index (χ1n) is 8.02. The molecule has 1 N–H and O–H groups in total. The van der Waals surface area contributed by atoms with Crippen molar-refractivity contribution in [3.63, 3.8) is 0 Å². The zero-order valence-corrected chi connectivity index (χ0v) is 14.7. The number of fused-ring (bicyclic) bond motifs is 1. The summed E-state index contributed by atoms with van der Waals surface area (Å²) in [6.45, 7) is 5.60. The Balaban J connectivity index is 1.79. The molecule has 1 aliphatic heterocycles. The highest BCUT2D eigenvalue weighted by molar-refractivity contribution is 7.99. The van der Waals surface area contributed by atoms with Gasteiger partial charge in [0.15, 0.2) is 5.78 Å². The number of nitrogens with zero attached hydrogens (tertiary/aromatic N) is 1. The van der Waals surface area contributed by atoms with Crippen molar-refractivity contribution < 1.29 is 9.59 Å². The zero-order chi connectivity index (χ0) is 17.1. The van der Waals surface area contributed by atoms with Gasteiger partial charge in [0.05, 0.1) is 5.69 Å². The minimum atomic E-state index is -0.139. The predicted molar refractivity (Wildman–Crippen MR) is 99.5 cm³/mol. The molecule has 0 atom stereocenters. The van der Waals surface area contributed by atoms with Gasteiger partial charge < -0.3 is 10.2 Å². The Labute approximate surface area is 146 Å². The van der Waals surface area contributed by atoms with E-state index >= 15 is 0 Å². The molecule has 0 saturated carbocycles. The van der Waals surface area contributed by atoms with Crippen LogP contribution in [0, 0.1) is 0 Å². The predicted octanol–water partition coefficient (Wildman–Crippen LogP) is 4.07. The van der Waals surface area contributed by atoms with E-state index in [1.165, 1.54) is 11.8 Å². The second-order valence-electron chi connectivity index (χ2n) is 5.70. The highest BCUT2D eigenvalue weighted by Crippen LogP contribution is 2.35. The fraction of sp³-hybridized carbons (Fsp3) is 0.263. The second-order valence-corrected chi connectivity index (χ2v) is 6.84. The molecule has 0 fully saturated rings. The minimum Gasteiger partial charge on any atom is -0.370 e. The van der Waals surface area contributed by atoms with E-state index in [2.05, 4.69) is 17.1 Å². The molecular formula is C19H20N2O2S. The molecule has 0 aromatic heterocycles. The number of benzene rings is 2. The van der Waals surface area contributed by atoms with Crippen molar-refractivity contribution in [2.45, 2.75) is 18.7 Å². The van der Waals surface area contributed by atoms with E-state index in [9.17, 15) is 9.59 Å². The largest absolute Gasteiger partial charge is 0.370 e. The van der Waals surface area contributed by atoms with Crippen molar-refractivity contribution in [2.24, 2.45) is 0 Å². The monoisotopic (exact) mass is 340 g/mol. The van der Waals surface area contributed by atoms with Crippen molar-refractivity contribution in [2.75, 3.05) is 29.1 Å². The molecule has 0 aliphatic carbocycles. The third-order valence-corrected chi connectivity index (χ3v) is 5.15. The van der Waals surface area contributed by atoms with E-state index in [-0.39, 0.29) is 11.7 Å². The van der Waals surface area contributed by atoms with Crippen LogP contribution in [0.1, 0.15) is 34.6 Å². The molecule has 0 radical (unpaired) electrons. The summed E-state index contributed by atoms with van der Waals surface area (Å²) in [6.07, 6.45) is 0. The van der Waals surface area contributed by atoms with Crippen LogP contribution in [-0.4, -0.2) is 30.5 Å². The second kappa shape index (κ2) is 7.09. The smallest absolute Gasteiger partial charge is 0.255 e. The molecule has 0 saturated heterocycles. The summed E-state index contributed by atoms with van der Waals surface area (Å²) in [5.74, 6) is 0.953. The highest BCUT2D eigenvalue weighted by atomic mass is 32.2. The topological polar surface area (TPSA) is 49.4 Å². The third kappa shape index (κ3) is 3.46. The highest BCUT2D eigenvalue weighted by Gasteiger charge is 2.18. The number of amides is 1. The molecule has 2 aromatic rings. The van der Waals surface area contributed by atoms with Crippen LogP contribution in [0.5, 0.6) is 0 Å². The third-order valence-electron chi connectivity index (χ3n) is 4.11. The molecule has 124 valence electrons. The van der Waals surface area contributed by atoms with E-state index in [4.69, 9.17) is 0 Å². The number of ketones is 1. The lowest BCUT2D eigenvalue weighted by molar-refractivity contribution is 0.101. The lowest BCUT2D eigenvalue weighted by Crippen LogP contribution is -2.29. The Morgan fingerprint density at radius 3 is 2.50 bits per heavy atom. The first-order chi connectivity index (χ1) is 11.6. The number of hydrogen-bond acceptors (Lipinski definition) is 4. The van der Waals surface area contributed by atoms with Gasteiger partial charge in [-0.05, 0) is 56.3 Å². The number of hydrogen-bond donors (Lipinski definition) is 1. The van der Waals surface area contributed by atoms with Crippen molar-refractivity contribution in [3.05, 3.63) is 53.6 Å². The van der Waals surface area contributed by atoms with Crippen LogP contribution in [-0.2, 0) is 0 Å². The quantitative estimate of drug-likeness (QED) is 0.852. The van der Waals surface area contributed by atoms with Crippen molar-refractivity contribution in [1.82, 2.24) is 0 Å². The van der Waals surface area contributed by atoms with Crippen molar-refractivity contribution >= 4 is 34.8 Å². The van der Waals surface area contributed by atoms with Gasteiger partial charge >= 0.3 is 0 Å². The summed E-state index contributed by atoms with van der Waals surface area (Å²) >= 11 is 1.83. The van der Waals surface area contributed by atoms with Crippen LogP contribution in [0.4, 0.5) is 11.4 Å². The summed E-state index contributed by atoms with van der Waals surface area (Å²) in [4.78, 5) is 27.3. The maximum absolute atomic E-state index is 12.5. The van der Waals surface area contributed by atoms with E-state index in [1.807, 2.05) is 30.0 Å². The molecule has 2 aromatic carbocycles. The molecule has 3 rings (SSSR count). The number of Topliss-reactive ketones (excluding diaryl/α,β-unsaturated/α-hetero) is 1. The molecule has 0 bridgehead atoms. The summed E-state index contributed by atoms with van der Waals surface area (Å²) < 4.78 is 0. The summed E-state index contributed by atoms with van der Waals surface area (Å²) in [5.41, 5.74) is 3.10. The normalized spacial score (nSPS) is 13.3. The molecule has 1 aliphatic rings. The van der Waals surface area contributed by atoms with Gasteiger partial charge in [-0.3, -0.25) is 9.59 Å². The van der Waals surface area contributed by atoms with Crippen LogP contribution in [0.2, 0.25) is 0 Å². The Morgan fingerprint density at radius 2 is 1.83 bits per heavy atom. The number of nitrogens with one attached hydrogen (secondary N) is 1. The Morgan fingerprint density at radius 1 is 1.12 bits per heavy atom. The first-order valence-corrected chi connectivity index (χ1v) is 9.01. The van der Waals surface area contributed by atoms with Crippen LogP contribution < -0.4 is 10.2 Å². The Hall–Kier alpha value is -2.27. The summed E-state index contributed by atoms with van der Waals surface area (Å²) in [6, 6.07) is 12.8. The van der Waals surface area contributed by atoms with Gasteiger partial charge in [-0.15, -0.1) is 11.8 Å². The van der Waals surface area contributed by atoms with Crippen LogP contribution in [0.25, 0.3) is 0 Å². The number of thioether (sulfide) groups is 1. The van der Waals surface area contributed by atoms with Gasteiger partial charge in [-0.25, -0.2) is 0 Å². The SMILES string of the molecule is CCN1CCSc2ccc(C(=O)Nc3ccc(C(C)=O)cc3)cc21. The van der Waals surface area contributed by atoms with E-state index < -0.39 is 0 Å². The van der Waals surface area contributed by atoms with Gasteiger partial charge in [0.1, 0.15) is 0 Å². The number of anilines is 2. The maximum Gasteiger partial charge on any atom is 0.255 e. The fourth-order valence-corrected chi connectivity index (χ4v) is 3.77. The first kappa shape index (κ1) is 16.6. The number of carbonyl (C=O) groups excluding carboxylic acids is 2. The molecule has 0 unspecified atom stereocenters. The number of carbonyl (C=O) groups is 2. The average molecular weight is 340 g/mol. The Kier molecular flexibility index (Phi) is 4.90. The average Bonchev–Trinajstić information content (AvgIpc) is 2.61. The fourth-order valence-electron chi connectivity index (χ4n) is 2.73. The van der Waals surface area contributed by atoms with Crippen LogP contribution >= 0.6 is 11.8 Å². The van der Waals surface area contributed by atoms with Gasteiger partial charge in [0.25, 0.3) is 5.91 Å². The summed E-state index contributed by atoms with van der Waals surface area (Å²) in [7, 11) is 0.